The van der Waals surface area contributed by atoms with E-state index in [1.54, 1.807) is 18.2 Å². The Balaban J connectivity index is 1.95. The molecule has 21 heavy (non-hydrogen) atoms. The Labute approximate surface area is 131 Å². The molecule has 1 heterocycles. The molecule has 2 aliphatic rings. The summed E-state index contributed by atoms with van der Waals surface area (Å²) in [6, 6.07) is 6.45. The van der Waals surface area contributed by atoms with Gasteiger partial charge in [0.1, 0.15) is 4.90 Å². The van der Waals surface area contributed by atoms with E-state index >= 15 is 0 Å². The van der Waals surface area contributed by atoms with Crippen LogP contribution in [0.25, 0.3) is 0 Å². The molecule has 114 valence electrons. The van der Waals surface area contributed by atoms with E-state index in [0.29, 0.717) is 11.3 Å². The summed E-state index contributed by atoms with van der Waals surface area (Å²) in [4.78, 5) is 12.6. The van der Waals surface area contributed by atoms with Crippen molar-refractivity contribution in [1.82, 2.24) is 4.31 Å². The van der Waals surface area contributed by atoms with Crippen molar-refractivity contribution in [3.8, 4) is 0 Å². The number of hydrogen-bond acceptors (Lipinski definition) is 4. The summed E-state index contributed by atoms with van der Waals surface area (Å²) in [5, 5.41) is 0. The second kappa shape index (κ2) is 5.32. The standard InChI is InChI=1S/C15H19NO3S2/c17-14-12-6-2-3-7-13(12)21(18,19)16(14)10-15(11-20)8-4-1-5-9-15/h2-3,6-7,20H,1,4-5,8-11H2. The quantitative estimate of drug-likeness (QED) is 0.869. The summed E-state index contributed by atoms with van der Waals surface area (Å²) < 4.78 is 26.3. The lowest BCUT2D eigenvalue weighted by Gasteiger charge is -2.38. The van der Waals surface area contributed by atoms with Crippen molar-refractivity contribution in [3.05, 3.63) is 29.8 Å². The number of carbonyl (C=O) groups excluding carboxylic acids is 1. The molecule has 1 amide bonds. The third-order valence-corrected chi connectivity index (χ3v) is 7.10. The average Bonchev–Trinajstić information content (AvgIpc) is 2.70. The molecule has 1 aliphatic carbocycles. The maximum Gasteiger partial charge on any atom is 0.269 e. The Morgan fingerprint density at radius 3 is 2.43 bits per heavy atom. The lowest BCUT2D eigenvalue weighted by atomic mass is 9.75. The Morgan fingerprint density at radius 1 is 1.14 bits per heavy atom. The van der Waals surface area contributed by atoms with E-state index in [9.17, 15) is 13.2 Å². The Bertz CT molecular complexity index is 663. The predicted molar refractivity (Wildman–Crippen MR) is 84.0 cm³/mol. The first-order valence-electron chi connectivity index (χ1n) is 7.27. The topological polar surface area (TPSA) is 54.5 Å². The first-order valence-corrected chi connectivity index (χ1v) is 9.34. The predicted octanol–water partition coefficient (Wildman–Crippen LogP) is 2.71. The highest BCUT2D eigenvalue weighted by atomic mass is 32.2. The largest absolute Gasteiger partial charge is 0.269 e. The van der Waals surface area contributed by atoms with E-state index in [0.717, 1.165) is 30.0 Å². The van der Waals surface area contributed by atoms with Crippen molar-refractivity contribution >= 4 is 28.6 Å². The number of fused-ring (bicyclic) bond motifs is 1. The molecular formula is C15H19NO3S2. The van der Waals surface area contributed by atoms with Crippen molar-refractivity contribution in [2.75, 3.05) is 12.3 Å². The van der Waals surface area contributed by atoms with Crippen LogP contribution in [0.3, 0.4) is 0 Å². The van der Waals surface area contributed by atoms with Crippen molar-refractivity contribution < 1.29 is 13.2 Å². The van der Waals surface area contributed by atoms with Crippen molar-refractivity contribution in [1.29, 1.82) is 0 Å². The smallest absolute Gasteiger partial charge is 0.268 e. The molecule has 0 saturated heterocycles. The maximum absolute atomic E-state index is 12.6. The summed E-state index contributed by atoms with van der Waals surface area (Å²) in [5.41, 5.74) is 0.120. The van der Waals surface area contributed by atoms with Gasteiger partial charge in [0.15, 0.2) is 0 Å². The van der Waals surface area contributed by atoms with Gasteiger partial charge in [-0.1, -0.05) is 31.4 Å². The molecule has 4 nitrogen and oxygen atoms in total. The average molecular weight is 325 g/mol. The molecule has 3 rings (SSSR count). The van der Waals surface area contributed by atoms with E-state index in [1.807, 2.05) is 0 Å². The minimum atomic E-state index is -3.69. The fraction of sp³-hybridized carbons (Fsp3) is 0.533. The summed E-state index contributed by atoms with van der Waals surface area (Å²) in [6.07, 6.45) is 5.21. The van der Waals surface area contributed by atoms with E-state index in [1.165, 1.54) is 12.5 Å². The highest BCUT2D eigenvalue weighted by Gasteiger charge is 2.45. The van der Waals surface area contributed by atoms with Crippen LogP contribution in [0.1, 0.15) is 42.5 Å². The molecule has 0 bridgehead atoms. The van der Waals surface area contributed by atoms with Crippen LogP contribution >= 0.6 is 12.6 Å². The Hall–Kier alpha value is -1.01. The second-order valence-corrected chi connectivity index (χ2v) is 8.18. The normalized spacial score (nSPS) is 23.1. The number of thiol groups is 1. The molecule has 0 atom stereocenters. The van der Waals surface area contributed by atoms with E-state index in [4.69, 9.17) is 0 Å². The lowest BCUT2D eigenvalue weighted by Crippen LogP contribution is -2.43. The first-order chi connectivity index (χ1) is 10.0. The summed E-state index contributed by atoms with van der Waals surface area (Å²) in [7, 11) is -3.69. The van der Waals surface area contributed by atoms with Crippen molar-refractivity contribution in [2.24, 2.45) is 5.41 Å². The lowest BCUT2D eigenvalue weighted by molar-refractivity contribution is 0.0801. The molecule has 1 aliphatic heterocycles. The molecule has 6 heteroatoms. The zero-order valence-corrected chi connectivity index (χ0v) is 13.5. The molecule has 1 saturated carbocycles. The van der Waals surface area contributed by atoms with Crippen LogP contribution in [0, 0.1) is 5.41 Å². The third kappa shape index (κ3) is 2.38. The number of hydrogen-bond donors (Lipinski definition) is 1. The van der Waals surface area contributed by atoms with Gasteiger partial charge in [0.25, 0.3) is 15.9 Å². The minimum absolute atomic E-state index is 0.139. The highest BCUT2D eigenvalue weighted by molar-refractivity contribution is 7.90. The number of amides is 1. The molecule has 0 N–H and O–H groups in total. The Morgan fingerprint density at radius 2 is 1.81 bits per heavy atom. The number of benzene rings is 1. The van der Waals surface area contributed by atoms with E-state index in [-0.39, 0.29) is 16.9 Å². The zero-order chi connectivity index (χ0) is 15.1. The van der Waals surface area contributed by atoms with Crippen LogP contribution in [-0.2, 0) is 10.0 Å². The monoisotopic (exact) mass is 325 g/mol. The SMILES string of the molecule is O=C1c2ccccc2S(=O)(=O)N1CC1(CS)CCCCC1. The third-order valence-electron chi connectivity index (χ3n) is 4.64. The number of carbonyl (C=O) groups is 1. The Kier molecular flexibility index (Phi) is 3.78. The summed E-state index contributed by atoms with van der Waals surface area (Å²) in [6.45, 7) is 0.256. The van der Waals surface area contributed by atoms with Crippen LogP contribution in [0.2, 0.25) is 0 Å². The van der Waals surface area contributed by atoms with Gasteiger partial charge in [-0.15, -0.1) is 0 Å². The summed E-state index contributed by atoms with van der Waals surface area (Å²) >= 11 is 4.44. The second-order valence-electron chi connectivity index (χ2n) is 6.03. The molecule has 1 aromatic carbocycles. The molecular weight excluding hydrogens is 306 g/mol. The molecule has 1 aromatic rings. The van der Waals surface area contributed by atoms with Gasteiger partial charge in [0.2, 0.25) is 0 Å². The van der Waals surface area contributed by atoms with Crippen LogP contribution < -0.4 is 0 Å². The van der Waals surface area contributed by atoms with Crippen LogP contribution in [0.4, 0.5) is 0 Å². The van der Waals surface area contributed by atoms with Crippen molar-refractivity contribution in [2.45, 2.75) is 37.0 Å². The first kappa shape index (κ1) is 14.9. The fourth-order valence-electron chi connectivity index (χ4n) is 3.36. The zero-order valence-electron chi connectivity index (χ0n) is 11.8. The number of nitrogens with zero attached hydrogens (tertiary/aromatic N) is 1. The number of rotatable bonds is 3. The molecule has 0 radical (unpaired) electrons. The highest BCUT2D eigenvalue weighted by Crippen LogP contribution is 2.41. The molecule has 0 aromatic heterocycles. The van der Waals surface area contributed by atoms with Gasteiger partial charge in [0, 0.05) is 6.54 Å². The molecule has 0 spiro atoms. The van der Waals surface area contributed by atoms with Gasteiger partial charge >= 0.3 is 0 Å². The molecule has 1 fully saturated rings. The van der Waals surface area contributed by atoms with Gasteiger partial charge < -0.3 is 0 Å². The summed E-state index contributed by atoms with van der Waals surface area (Å²) in [5.74, 6) is 0.222. The van der Waals surface area contributed by atoms with Crippen LogP contribution in [-0.4, -0.2) is 30.9 Å². The van der Waals surface area contributed by atoms with E-state index in [2.05, 4.69) is 12.6 Å². The van der Waals surface area contributed by atoms with E-state index < -0.39 is 15.9 Å². The van der Waals surface area contributed by atoms with Gasteiger partial charge in [-0.3, -0.25) is 4.79 Å². The molecule has 0 unspecified atom stereocenters. The number of sulfonamides is 1. The van der Waals surface area contributed by atoms with Gasteiger partial charge in [-0.2, -0.15) is 12.6 Å². The van der Waals surface area contributed by atoms with Crippen LogP contribution in [0.15, 0.2) is 29.2 Å². The van der Waals surface area contributed by atoms with Gasteiger partial charge in [-0.25, -0.2) is 12.7 Å². The van der Waals surface area contributed by atoms with Gasteiger partial charge in [0.05, 0.1) is 5.56 Å². The van der Waals surface area contributed by atoms with Crippen molar-refractivity contribution in [3.63, 3.8) is 0 Å². The maximum atomic E-state index is 12.6. The van der Waals surface area contributed by atoms with Crippen LogP contribution in [0.5, 0.6) is 0 Å². The van der Waals surface area contributed by atoms with Gasteiger partial charge in [-0.05, 0) is 36.1 Å². The fourth-order valence-corrected chi connectivity index (χ4v) is 5.46. The minimum Gasteiger partial charge on any atom is -0.268 e.